The van der Waals surface area contributed by atoms with Crippen LogP contribution in [0.4, 0.5) is 11.4 Å². The standard InChI is InChI=1S/C48H29BN2OS/c1-2-11-28(12-3-1)29-21-23-32(24-22-29)50-38-26-31-14-5-4-13-30(31)25-36(38)45-44-33-15-6-8-19-40(33)52-41(44)27-39-46(45)49-37-18-10-17-35-43-34-16-7-9-20-42(34)53-48(43)51(39)47(35)37/h1-27,49-50H. The van der Waals surface area contributed by atoms with Gasteiger partial charge in [-0.05, 0) is 69.3 Å². The monoisotopic (exact) mass is 692 g/mol. The van der Waals surface area contributed by atoms with Crippen molar-refractivity contribution >= 4 is 105 Å². The van der Waals surface area contributed by atoms with Crippen LogP contribution in [0.3, 0.4) is 0 Å². The van der Waals surface area contributed by atoms with Gasteiger partial charge in [-0.25, -0.2) is 0 Å². The number of benzene rings is 8. The summed E-state index contributed by atoms with van der Waals surface area (Å²) in [5, 5.41) is 12.6. The smallest absolute Gasteiger partial charge is 0.198 e. The zero-order valence-corrected chi connectivity index (χ0v) is 29.4. The fraction of sp³-hybridized carbons (Fsp3) is 0. The molecule has 0 spiro atoms. The lowest BCUT2D eigenvalue weighted by Crippen LogP contribution is -2.37. The van der Waals surface area contributed by atoms with Crippen LogP contribution in [0.2, 0.25) is 0 Å². The molecule has 0 saturated carbocycles. The van der Waals surface area contributed by atoms with E-state index in [4.69, 9.17) is 4.42 Å². The molecule has 53 heavy (non-hydrogen) atoms. The first-order chi connectivity index (χ1) is 26.3. The van der Waals surface area contributed by atoms with Gasteiger partial charge in [-0.15, -0.1) is 11.3 Å². The Hall–Kier alpha value is -6.56. The van der Waals surface area contributed by atoms with Gasteiger partial charge < -0.3 is 14.3 Å². The van der Waals surface area contributed by atoms with E-state index in [1.807, 2.05) is 11.3 Å². The lowest BCUT2D eigenvalue weighted by atomic mass is 9.58. The summed E-state index contributed by atoms with van der Waals surface area (Å²) in [6.45, 7) is 0. The van der Waals surface area contributed by atoms with Gasteiger partial charge >= 0.3 is 0 Å². The van der Waals surface area contributed by atoms with Gasteiger partial charge in [-0.1, -0.05) is 127 Å². The number of nitrogens with zero attached hydrogens (tertiary/aromatic N) is 1. The van der Waals surface area contributed by atoms with Gasteiger partial charge in [0.2, 0.25) is 0 Å². The Morgan fingerprint density at radius 3 is 2.15 bits per heavy atom. The molecule has 4 heterocycles. The number of aromatic nitrogens is 1. The highest BCUT2D eigenvalue weighted by Crippen LogP contribution is 2.46. The minimum Gasteiger partial charge on any atom is -0.456 e. The van der Waals surface area contributed by atoms with Crippen LogP contribution < -0.4 is 16.2 Å². The number of furan rings is 1. The van der Waals surface area contributed by atoms with Crippen molar-refractivity contribution in [2.75, 3.05) is 5.32 Å². The van der Waals surface area contributed by atoms with E-state index < -0.39 is 0 Å². The van der Waals surface area contributed by atoms with Crippen molar-refractivity contribution in [3.05, 3.63) is 164 Å². The van der Waals surface area contributed by atoms with Crippen molar-refractivity contribution < 1.29 is 4.42 Å². The molecule has 0 bridgehead atoms. The van der Waals surface area contributed by atoms with Gasteiger partial charge in [0.15, 0.2) is 7.28 Å². The molecule has 1 aliphatic rings. The summed E-state index contributed by atoms with van der Waals surface area (Å²) < 4.78 is 10.6. The summed E-state index contributed by atoms with van der Waals surface area (Å²) >= 11 is 1.88. The molecular weight excluding hydrogens is 663 g/mol. The van der Waals surface area contributed by atoms with E-state index in [0.29, 0.717) is 0 Å². The molecule has 5 heteroatoms. The Labute approximate surface area is 309 Å². The number of hydrogen-bond acceptors (Lipinski definition) is 3. The van der Waals surface area contributed by atoms with Gasteiger partial charge in [-0.2, -0.15) is 0 Å². The van der Waals surface area contributed by atoms with Gasteiger partial charge in [0.1, 0.15) is 16.0 Å². The largest absolute Gasteiger partial charge is 0.456 e. The fourth-order valence-corrected chi connectivity index (χ4v) is 10.1. The Balaban J connectivity index is 1.17. The Kier molecular flexibility index (Phi) is 6.02. The van der Waals surface area contributed by atoms with Crippen LogP contribution in [0.1, 0.15) is 0 Å². The van der Waals surface area contributed by atoms with E-state index in [0.717, 1.165) is 40.6 Å². The summed E-state index contributed by atoms with van der Waals surface area (Å²) in [7, 11) is 0.824. The Morgan fingerprint density at radius 2 is 1.28 bits per heavy atom. The molecule has 0 aliphatic carbocycles. The Morgan fingerprint density at radius 1 is 0.566 bits per heavy atom. The highest BCUT2D eigenvalue weighted by atomic mass is 32.1. The van der Waals surface area contributed by atoms with E-state index in [1.54, 1.807) is 0 Å². The van der Waals surface area contributed by atoms with Gasteiger partial charge in [0, 0.05) is 65.8 Å². The molecule has 3 nitrogen and oxygen atoms in total. The topological polar surface area (TPSA) is 30.1 Å². The predicted octanol–water partition coefficient (Wildman–Crippen LogP) is 11.8. The second-order valence-electron chi connectivity index (χ2n) is 14.1. The molecule has 1 N–H and O–H groups in total. The average Bonchev–Trinajstić information content (AvgIpc) is 3.88. The molecule has 11 aromatic rings. The van der Waals surface area contributed by atoms with Crippen molar-refractivity contribution in [3.63, 3.8) is 0 Å². The first-order valence-electron chi connectivity index (χ1n) is 18.1. The van der Waals surface area contributed by atoms with Crippen LogP contribution in [-0.2, 0) is 0 Å². The third-order valence-electron chi connectivity index (χ3n) is 11.2. The summed E-state index contributed by atoms with van der Waals surface area (Å²) in [5.74, 6) is 0. The molecule has 246 valence electrons. The Bertz CT molecular complexity index is 3280. The van der Waals surface area contributed by atoms with Crippen molar-refractivity contribution in [1.82, 2.24) is 4.57 Å². The van der Waals surface area contributed by atoms with Gasteiger partial charge in [0.05, 0.1) is 0 Å². The van der Waals surface area contributed by atoms with E-state index in [-0.39, 0.29) is 0 Å². The molecule has 3 aromatic heterocycles. The SMILES string of the molecule is B1c2c(cc3oc4ccccc4c3c2-c2cc3ccccc3cc2Nc2ccc(-c3ccccc3)cc2)-n2c3sc4ccccc4c3c3cccc1c32. The number of para-hydroxylation sites is 2. The number of anilines is 2. The molecule has 0 fully saturated rings. The number of thiophene rings is 1. The maximum Gasteiger partial charge on any atom is 0.198 e. The first kappa shape index (κ1) is 29.1. The lowest BCUT2D eigenvalue weighted by Gasteiger charge is -2.25. The zero-order valence-electron chi connectivity index (χ0n) is 28.6. The van der Waals surface area contributed by atoms with E-state index in [1.165, 1.54) is 80.8 Å². The molecular formula is C48H29BN2OS. The van der Waals surface area contributed by atoms with Crippen LogP contribution >= 0.6 is 11.3 Å². The van der Waals surface area contributed by atoms with E-state index in [9.17, 15) is 0 Å². The number of hydrogen-bond donors (Lipinski definition) is 1. The normalized spacial score (nSPS) is 12.3. The molecule has 0 atom stereocenters. The van der Waals surface area contributed by atoms with Gasteiger partial charge in [-0.3, -0.25) is 0 Å². The van der Waals surface area contributed by atoms with Crippen LogP contribution in [0.15, 0.2) is 168 Å². The maximum absolute atomic E-state index is 6.78. The predicted molar refractivity (Wildman–Crippen MR) is 228 cm³/mol. The third-order valence-corrected chi connectivity index (χ3v) is 12.3. The van der Waals surface area contributed by atoms with Crippen LogP contribution in [0, 0.1) is 0 Å². The van der Waals surface area contributed by atoms with E-state index in [2.05, 4.69) is 174 Å². The summed E-state index contributed by atoms with van der Waals surface area (Å²) in [5.41, 5.74) is 13.9. The number of nitrogens with one attached hydrogen (secondary N) is 1. The van der Waals surface area contributed by atoms with Crippen LogP contribution in [-0.4, -0.2) is 11.8 Å². The minimum absolute atomic E-state index is 0.824. The second-order valence-corrected chi connectivity index (χ2v) is 15.2. The maximum atomic E-state index is 6.78. The first-order valence-corrected chi connectivity index (χ1v) is 19.0. The quantitative estimate of drug-likeness (QED) is 0.186. The van der Waals surface area contributed by atoms with Crippen LogP contribution in [0.5, 0.6) is 0 Å². The second kappa shape index (κ2) is 11.0. The fourth-order valence-electron chi connectivity index (χ4n) is 8.84. The number of rotatable bonds is 4. The lowest BCUT2D eigenvalue weighted by molar-refractivity contribution is 0.669. The molecule has 0 unspecified atom stereocenters. The van der Waals surface area contributed by atoms with Crippen molar-refractivity contribution in [2.45, 2.75) is 0 Å². The molecule has 8 aromatic carbocycles. The van der Waals surface area contributed by atoms with E-state index >= 15 is 0 Å². The summed E-state index contributed by atoms with van der Waals surface area (Å²) in [6.07, 6.45) is 0. The highest BCUT2D eigenvalue weighted by Gasteiger charge is 2.30. The summed E-state index contributed by atoms with van der Waals surface area (Å²) in [4.78, 5) is 1.28. The minimum atomic E-state index is 0.824. The van der Waals surface area contributed by atoms with Crippen molar-refractivity contribution in [1.29, 1.82) is 0 Å². The zero-order chi connectivity index (χ0) is 34.6. The molecule has 12 rings (SSSR count). The molecule has 1 aliphatic heterocycles. The van der Waals surface area contributed by atoms with Crippen molar-refractivity contribution in [3.8, 4) is 27.9 Å². The summed E-state index contributed by atoms with van der Waals surface area (Å²) in [6, 6.07) is 59.2. The molecule has 0 radical (unpaired) electrons. The third kappa shape index (κ3) is 4.23. The molecule has 0 amide bonds. The highest BCUT2D eigenvalue weighted by molar-refractivity contribution is 7.25. The molecule has 0 saturated heterocycles. The number of fused-ring (bicyclic) bond motifs is 11. The van der Waals surface area contributed by atoms with Gasteiger partial charge in [0.25, 0.3) is 0 Å². The average molecular weight is 693 g/mol. The van der Waals surface area contributed by atoms with Crippen molar-refractivity contribution in [2.24, 2.45) is 0 Å². The van der Waals surface area contributed by atoms with Crippen LogP contribution in [0.25, 0.3) is 91.9 Å².